The highest BCUT2D eigenvalue weighted by Crippen LogP contribution is 2.33. The second-order valence-corrected chi connectivity index (χ2v) is 7.43. The lowest BCUT2D eigenvalue weighted by molar-refractivity contribution is -0.136. The Morgan fingerprint density at radius 3 is 2.69 bits per heavy atom. The molecule has 5 heteroatoms. The Morgan fingerprint density at radius 1 is 1.34 bits per heavy atom. The predicted octanol–water partition coefficient (Wildman–Crippen LogP) is 5.49. The molecule has 5 nitrogen and oxygen atoms in total. The molecule has 29 heavy (non-hydrogen) atoms. The lowest BCUT2D eigenvalue weighted by Crippen LogP contribution is -2.04. The maximum atomic E-state index is 11.1. The molecule has 0 radical (unpaired) electrons. The molecule has 1 aliphatic rings. The van der Waals surface area contributed by atoms with E-state index in [0.29, 0.717) is 17.3 Å². The number of carboxylic acids is 1. The molecule has 2 aromatic rings. The molecule has 0 bridgehead atoms. The van der Waals surface area contributed by atoms with E-state index in [1.807, 2.05) is 6.92 Å². The van der Waals surface area contributed by atoms with E-state index in [1.165, 1.54) is 30.6 Å². The van der Waals surface area contributed by atoms with Crippen LogP contribution >= 0.6 is 0 Å². The number of hydrogen-bond acceptors (Lipinski definition) is 3. The number of nitrogens with zero attached hydrogens (tertiary/aromatic N) is 2. The second kappa shape index (κ2) is 8.95. The average Bonchev–Trinajstić information content (AvgIpc) is 3.47. The minimum Gasteiger partial charge on any atom is -0.487 e. The van der Waals surface area contributed by atoms with Gasteiger partial charge in [-0.3, -0.25) is 9.48 Å². The topological polar surface area (TPSA) is 64.3 Å². The van der Waals surface area contributed by atoms with Gasteiger partial charge in [-0.05, 0) is 62.0 Å². The fraction of sp³-hybridized carbons (Fsp3) is 0.333. The lowest BCUT2D eigenvalue weighted by atomic mass is 10.0. The van der Waals surface area contributed by atoms with Crippen molar-refractivity contribution in [1.82, 2.24) is 9.78 Å². The van der Waals surface area contributed by atoms with E-state index in [4.69, 9.17) is 14.9 Å². The van der Waals surface area contributed by atoms with Crippen molar-refractivity contribution in [2.24, 2.45) is 5.92 Å². The van der Waals surface area contributed by atoms with E-state index in [2.05, 4.69) is 49.0 Å². The number of benzene rings is 1. The fourth-order valence-electron chi connectivity index (χ4n) is 3.30. The van der Waals surface area contributed by atoms with Crippen molar-refractivity contribution >= 4 is 22.4 Å². The zero-order valence-electron chi connectivity index (χ0n) is 17.1. The quantitative estimate of drug-likeness (QED) is 0.429. The van der Waals surface area contributed by atoms with Crippen LogP contribution in [0.5, 0.6) is 0 Å². The molecule has 0 amide bonds. The van der Waals surface area contributed by atoms with E-state index in [0.717, 1.165) is 28.7 Å². The molecule has 0 saturated heterocycles. The SMILES string of the molecule is C=C/C(CC(=O)O)=C(\C=C)OCc1nn(CC2CC2)c2ccc(/C(C)=C/C)cc12. The molecule has 0 spiro atoms. The Bertz CT molecular complexity index is 1010. The van der Waals surface area contributed by atoms with Gasteiger partial charge in [-0.2, -0.15) is 5.10 Å². The molecule has 1 heterocycles. The highest BCUT2D eigenvalue weighted by molar-refractivity contribution is 5.86. The third-order valence-electron chi connectivity index (χ3n) is 5.30. The van der Waals surface area contributed by atoms with Crippen LogP contribution in [-0.2, 0) is 22.7 Å². The van der Waals surface area contributed by atoms with Gasteiger partial charge in [0.15, 0.2) is 0 Å². The smallest absolute Gasteiger partial charge is 0.307 e. The summed E-state index contributed by atoms with van der Waals surface area (Å²) >= 11 is 0. The van der Waals surface area contributed by atoms with Crippen LogP contribution in [0.2, 0.25) is 0 Å². The number of carbonyl (C=O) groups is 1. The van der Waals surface area contributed by atoms with Crippen molar-refractivity contribution in [2.75, 3.05) is 0 Å². The van der Waals surface area contributed by atoms with Crippen LogP contribution in [0, 0.1) is 5.92 Å². The largest absolute Gasteiger partial charge is 0.487 e. The predicted molar refractivity (Wildman–Crippen MR) is 116 cm³/mol. The summed E-state index contributed by atoms with van der Waals surface area (Å²) in [5.41, 5.74) is 4.80. The van der Waals surface area contributed by atoms with Gasteiger partial charge in [0.25, 0.3) is 0 Å². The van der Waals surface area contributed by atoms with Crippen LogP contribution in [0.4, 0.5) is 0 Å². The first kappa shape index (κ1) is 20.6. The molecule has 0 atom stereocenters. The Morgan fingerprint density at radius 2 is 2.10 bits per heavy atom. The summed E-state index contributed by atoms with van der Waals surface area (Å²) < 4.78 is 8.01. The number of fused-ring (bicyclic) bond motifs is 1. The first-order valence-corrected chi connectivity index (χ1v) is 9.92. The summed E-state index contributed by atoms with van der Waals surface area (Å²) in [5, 5.41) is 15.0. The summed E-state index contributed by atoms with van der Waals surface area (Å²) in [6, 6.07) is 6.41. The zero-order valence-corrected chi connectivity index (χ0v) is 17.1. The van der Waals surface area contributed by atoms with Crippen LogP contribution < -0.4 is 0 Å². The third-order valence-corrected chi connectivity index (χ3v) is 5.30. The van der Waals surface area contributed by atoms with Gasteiger partial charge >= 0.3 is 5.97 Å². The molecule has 1 saturated carbocycles. The molecule has 1 N–H and O–H groups in total. The van der Waals surface area contributed by atoms with Crippen LogP contribution in [0.15, 0.2) is 60.9 Å². The standard InChI is InChI=1S/C24H28N2O3/c1-5-16(4)19-10-11-22-20(12-19)21(25-26(22)14-17-8-9-17)15-29-23(7-3)18(6-2)13-24(27)28/h5-7,10-12,17H,2-3,8-9,13-15H2,1,4H3,(H,27,28)/b16-5+,23-18-. The van der Waals surface area contributed by atoms with E-state index in [-0.39, 0.29) is 13.0 Å². The highest BCUT2D eigenvalue weighted by Gasteiger charge is 2.24. The number of hydrogen-bond donors (Lipinski definition) is 1. The maximum absolute atomic E-state index is 11.1. The van der Waals surface area contributed by atoms with E-state index in [9.17, 15) is 4.79 Å². The van der Waals surface area contributed by atoms with Crippen molar-refractivity contribution in [3.63, 3.8) is 0 Å². The number of aliphatic carboxylic acids is 1. The summed E-state index contributed by atoms with van der Waals surface area (Å²) in [6.07, 6.45) is 7.47. The van der Waals surface area contributed by atoms with Crippen LogP contribution in [0.1, 0.15) is 44.4 Å². The summed E-state index contributed by atoms with van der Waals surface area (Å²) in [7, 11) is 0. The Hall–Kier alpha value is -3.08. The van der Waals surface area contributed by atoms with Crippen molar-refractivity contribution in [2.45, 2.75) is 46.3 Å². The number of allylic oxidation sites excluding steroid dienone is 4. The van der Waals surface area contributed by atoms with Crippen molar-refractivity contribution in [3.8, 4) is 0 Å². The van der Waals surface area contributed by atoms with Gasteiger partial charge in [0.2, 0.25) is 0 Å². The molecule has 1 aromatic carbocycles. The van der Waals surface area contributed by atoms with Crippen molar-refractivity contribution in [1.29, 1.82) is 0 Å². The molecular formula is C24H28N2O3. The number of rotatable bonds is 10. The van der Waals surface area contributed by atoms with Crippen LogP contribution in [0.25, 0.3) is 16.5 Å². The lowest BCUT2D eigenvalue weighted by Gasteiger charge is -2.09. The van der Waals surface area contributed by atoms with Gasteiger partial charge in [-0.15, -0.1) is 0 Å². The average molecular weight is 392 g/mol. The minimum absolute atomic E-state index is 0.160. The molecule has 1 aliphatic carbocycles. The van der Waals surface area contributed by atoms with Crippen LogP contribution in [-0.4, -0.2) is 20.9 Å². The van der Waals surface area contributed by atoms with Crippen molar-refractivity contribution < 1.29 is 14.6 Å². The van der Waals surface area contributed by atoms with Gasteiger partial charge in [0, 0.05) is 17.5 Å². The molecule has 1 aromatic heterocycles. The van der Waals surface area contributed by atoms with Gasteiger partial charge in [-0.25, -0.2) is 0 Å². The molecule has 3 rings (SSSR count). The second-order valence-electron chi connectivity index (χ2n) is 7.43. The van der Waals surface area contributed by atoms with E-state index < -0.39 is 5.97 Å². The summed E-state index contributed by atoms with van der Waals surface area (Å²) in [6.45, 7) is 12.7. The number of carboxylic acid groups (broad SMARTS) is 1. The van der Waals surface area contributed by atoms with Crippen LogP contribution in [0.3, 0.4) is 0 Å². The number of ether oxygens (including phenoxy) is 1. The van der Waals surface area contributed by atoms with Crippen molar-refractivity contribution in [3.05, 3.63) is 72.2 Å². The summed E-state index contributed by atoms with van der Waals surface area (Å²) in [5.74, 6) is 0.192. The fourth-order valence-corrected chi connectivity index (χ4v) is 3.30. The first-order chi connectivity index (χ1) is 14.0. The van der Waals surface area contributed by atoms with Gasteiger partial charge < -0.3 is 9.84 Å². The minimum atomic E-state index is -0.937. The zero-order chi connectivity index (χ0) is 21.0. The molecule has 0 aliphatic heterocycles. The summed E-state index contributed by atoms with van der Waals surface area (Å²) in [4.78, 5) is 11.1. The Kier molecular flexibility index (Phi) is 6.37. The molecule has 152 valence electrons. The normalized spacial score (nSPS) is 15.2. The van der Waals surface area contributed by atoms with Gasteiger partial charge in [0.05, 0.1) is 11.9 Å². The number of aromatic nitrogens is 2. The Labute approximate surface area is 171 Å². The first-order valence-electron chi connectivity index (χ1n) is 9.92. The highest BCUT2D eigenvalue weighted by atomic mass is 16.5. The van der Waals surface area contributed by atoms with E-state index >= 15 is 0 Å². The third kappa shape index (κ3) is 4.86. The molecular weight excluding hydrogens is 364 g/mol. The monoisotopic (exact) mass is 392 g/mol. The Balaban J connectivity index is 1.96. The van der Waals surface area contributed by atoms with E-state index in [1.54, 1.807) is 0 Å². The van der Waals surface area contributed by atoms with Gasteiger partial charge in [0.1, 0.15) is 18.1 Å². The molecule has 0 unspecified atom stereocenters. The van der Waals surface area contributed by atoms with Gasteiger partial charge in [-0.1, -0.05) is 31.4 Å². The maximum Gasteiger partial charge on any atom is 0.307 e. The molecule has 1 fully saturated rings.